The van der Waals surface area contributed by atoms with E-state index in [-0.39, 0.29) is 5.78 Å². The van der Waals surface area contributed by atoms with Gasteiger partial charge in [0.1, 0.15) is 0 Å². The molecule has 4 nitrogen and oxygen atoms in total. The molecule has 1 aromatic heterocycles. The highest BCUT2D eigenvalue weighted by atomic mass is 16.1. The molecule has 0 bridgehead atoms. The molecule has 0 fully saturated rings. The van der Waals surface area contributed by atoms with Crippen LogP contribution in [0.15, 0.2) is 24.3 Å². The Hall–Kier alpha value is -2.23. The monoisotopic (exact) mass is 254 g/mol. The zero-order valence-electron chi connectivity index (χ0n) is 10.6. The number of hydrogen-bond acceptors (Lipinski definition) is 3. The average molecular weight is 254 g/mol. The molecule has 2 N–H and O–H groups in total. The molecule has 4 heteroatoms. The molecule has 1 unspecified atom stereocenters. The maximum Gasteiger partial charge on any atom is 0.248 e. The van der Waals surface area contributed by atoms with Crippen LogP contribution in [-0.4, -0.2) is 16.7 Å². The first-order valence-electron chi connectivity index (χ1n) is 6.31. The number of ketones is 1. The summed E-state index contributed by atoms with van der Waals surface area (Å²) in [5.74, 6) is 0.00189. The molecular formula is C15H14N2O2. The third kappa shape index (κ3) is 1.99. The van der Waals surface area contributed by atoms with E-state index in [2.05, 4.69) is 11.9 Å². The van der Waals surface area contributed by atoms with E-state index in [9.17, 15) is 9.59 Å². The molecule has 19 heavy (non-hydrogen) atoms. The van der Waals surface area contributed by atoms with Crippen LogP contribution in [0.4, 0.5) is 0 Å². The van der Waals surface area contributed by atoms with Gasteiger partial charge in [0.2, 0.25) is 5.91 Å². The van der Waals surface area contributed by atoms with Gasteiger partial charge in [-0.2, -0.15) is 0 Å². The van der Waals surface area contributed by atoms with Gasteiger partial charge >= 0.3 is 0 Å². The maximum atomic E-state index is 12.0. The van der Waals surface area contributed by atoms with E-state index in [1.165, 1.54) is 0 Å². The molecular weight excluding hydrogens is 240 g/mol. The molecule has 0 spiro atoms. The molecule has 1 amide bonds. The van der Waals surface area contributed by atoms with Crippen molar-refractivity contribution in [3.63, 3.8) is 0 Å². The van der Waals surface area contributed by atoms with Crippen LogP contribution in [0.25, 0.3) is 10.9 Å². The number of carbonyl (C=O) groups is 2. The highest BCUT2D eigenvalue weighted by Gasteiger charge is 2.23. The fourth-order valence-corrected chi connectivity index (χ4v) is 2.60. The van der Waals surface area contributed by atoms with Gasteiger partial charge in [-0.05, 0) is 36.6 Å². The smallest absolute Gasteiger partial charge is 0.248 e. The van der Waals surface area contributed by atoms with Crippen LogP contribution in [0.2, 0.25) is 0 Å². The minimum absolute atomic E-state index is 0.132. The van der Waals surface area contributed by atoms with E-state index >= 15 is 0 Å². The van der Waals surface area contributed by atoms with Crippen molar-refractivity contribution in [2.75, 3.05) is 0 Å². The number of pyridine rings is 1. The summed E-state index contributed by atoms with van der Waals surface area (Å²) in [5.41, 5.74) is 8.05. The van der Waals surface area contributed by atoms with Crippen molar-refractivity contribution in [1.29, 1.82) is 0 Å². The lowest BCUT2D eigenvalue weighted by atomic mass is 9.86. The van der Waals surface area contributed by atoms with Gasteiger partial charge < -0.3 is 5.73 Å². The summed E-state index contributed by atoms with van der Waals surface area (Å²) in [6.45, 7) is 2.06. The Bertz CT molecular complexity index is 707. The summed E-state index contributed by atoms with van der Waals surface area (Å²) < 4.78 is 0. The van der Waals surface area contributed by atoms with E-state index < -0.39 is 5.91 Å². The minimum atomic E-state index is -0.473. The number of rotatable bonds is 1. The Morgan fingerprint density at radius 1 is 1.32 bits per heavy atom. The van der Waals surface area contributed by atoms with Crippen molar-refractivity contribution in [2.24, 2.45) is 11.7 Å². The Kier molecular flexibility index (Phi) is 2.59. The molecule has 1 aromatic carbocycles. The third-order valence-electron chi connectivity index (χ3n) is 3.55. The number of nitrogens with zero attached hydrogens (tertiary/aromatic N) is 1. The molecule has 1 aliphatic carbocycles. The van der Waals surface area contributed by atoms with Crippen LogP contribution in [0.1, 0.15) is 39.8 Å². The zero-order chi connectivity index (χ0) is 13.6. The quantitative estimate of drug-likeness (QED) is 0.846. The van der Waals surface area contributed by atoms with Crippen LogP contribution in [-0.2, 0) is 6.42 Å². The lowest BCUT2D eigenvalue weighted by molar-refractivity contribution is 0.0951. The Labute approximate surface area is 110 Å². The van der Waals surface area contributed by atoms with Crippen LogP contribution < -0.4 is 5.73 Å². The molecule has 0 saturated carbocycles. The number of aromatic nitrogens is 1. The second-order valence-corrected chi connectivity index (χ2v) is 5.19. The Morgan fingerprint density at radius 2 is 2.11 bits per heavy atom. The lowest BCUT2D eigenvalue weighted by Gasteiger charge is -2.19. The number of fused-ring (bicyclic) bond motifs is 2. The molecule has 1 heterocycles. The van der Waals surface area contributed by atoms with Crippen LogP contribution in [0.5, 0.6) is 0 Å². The molecule has 1 atom stereocenters. The molecule has 1 aliphatic rings. The lowest BCUT2D eigenvalue weighted by Crippen LogP contribution is -2.19. The topological polar surface area (TPSA) is 73.1 Å². The molecule has 3 rings (SSSR count). The molecule has 0 radical (unpaired) electrons. The highest BCUT2D eigenvalue weighted by Crippen LogP contribution is 2.27. The van der Waals surface area contributed by atoms with Crippen molar-refractivity contribution in [1.82, 2.24) is 4.98 Å². The molecule has 0 saturated heterocycles. The maximum absolute atomic E-state index is 12.0. The first-order chi connectivity index (χ1) is 9.04. The van der Waals surface area contributed by atoms with E-state index in [0.29, 0.717) is 23.5 Å². The zero-order valence-corrected chi connectivity index (χ0v) is 10.6. The van der Waals surface area contributed by atoms with Crippen LogP contribution >= 0.6 is 0 Å². The summed E-state index contributed by atoms with van der Waals surface area (Å²) in [5, 5.41) is 0.790. The predicted molar refractivity (Wildman–Crippen MR) is 72.1 cm³/mol. The van der Waals surface area contributed by atoms with Gasteiger partial charge in [0.25, 0.3) is 0 Å². The number of primary amides is 1. The van der Waals surface area contributed by atoms with Crippen molar-refractivity contribution in [3.8, 4) is 0 Å². The van der Waals surface area contributed by atoms with Gasteiger partial charge in [0.15, 0.2) is 5.78 Å². The summed E-state index contributed by atoms with van der Waals surface area (Å²) in [6, 6.07) is 6.96. The van der Waals surface area contributed by atoms with Gasteiger partial charge in [0, 0.05) is 22.9 Å². The van der Waals surface area contributed by atoms with Crippen molar-refractivity contribution in [3.05, 3.63) is 41.1 Å². The van der Waals surface area contributed by atoms with Crippen LogP contribution in [0.3, 0.4) is 0 Å². The van der Waals surface area contributed by atoms with Crippen molar-refractivity contribution >= 4 is 22.6 Å². The fraction of sp³-hybridized carbons (Fsp3) is 0.267. The van der Waals surface area contributed by atoms with E-state index in [1.54, 1.807) is 18.2 Å². The van der Waals surface area contributed by atoms with Crippen LogP contribution in [0, 0.1) is 5.92 Å². The molecule has 2 aromatic rings. The van der Waals surface area contributed by atoms with Gasteiger partial charge in [-0.3, -0.25) is 14.6 Å². The predicted octanol–water partition coefficient (Wildman–Crippen LogP) is 2.10. The van der Waals surface area contributed by atoms with Gasteiger partial charge in [-0.25, -0.2) is 0 Å². The summed E-state index contributed by atoms with van der Waals surface area (Å²) in [7, 11) is 0. The number of Topliss-reactive ketones (excluding diaryl/α,β-unsaturated/α-hetero) is 1. The first kappa shape index (κ1) is 11.8. The highest BCUT2D eigenvalue weighted by molar-refractivity contribution is 6.02. The van der Waals surface area contributed by atoms with Gasteiger partial charge in [-0.15, -0.1) is 0 Å². The molecule has 0 aliphatic heterocycles. The number of benzene rings is 1. The van der Waals surface area contributed by atoms with E-state index in [1.807, 2.05) is 6.07 Å². The molecule has 96 valence electrons. The number of nitrogens with two attached hydrogens (primary N) is 1. The summed E-state index contributed by atoms with van der Waals surface area (Å²) in [4.78, 5) is 27.7. The number of hydrogen-bond donors (Lipinski definition) is 1. The van der Waals surface area contributed by atoms with E-state index in [4.69, 9.17) is 5.73 Å². The fourth-order valence-electron chi connectivity index (χ4n) is 2.60. The van der Waals surface area contributed by atoms with Gasteiger partial charge in [0.05, 0.1) is 11.2 Å². The standard InChI is InChI=1S/C15H14N2O2/c1-8-4-13-11(14(18)5-8)7-10-6-9(15(16)19)2-3-12(10)17-13/h2-3,6-8H,4-5H2,1H3,(H2,16,19). The Balaban J connectivity index is 2.21. The second kappa shape index (κ2) is 4.16. The second-order valence-electron chi connectivity index (χ2n) is 5.19. The number of amides is 1. The largest absolute Gasteiger partial charge is 0.366 e. The Morgan fingerprint density at radius 3 is 2.84 bits per heavy atom. The van der Waals surface area contributed by atoms with E-state index in [0.717, 1.165) is 23.0 Å². The van der Waals surface area contributed by atoms with Crippen molar-refractivity contribution < 1.29 is 9.59 Å². The summed E-state index contributed by atoms with van der Waals surface area (Å²) >= 11 is 0. The first-order valence-corrected chi connectivity index (χ1v) is 6.31. The minimum Gasteiger partial charge on any atom is -0.366 e. The number of carbonyl (C=O) groups excluding carboxylic acids is 2. The van der Waals surface area contributed by atoms with Gasteiger partial charge in [-0.1, -0.05) is 6.92 Å². The SMILES string of the molecule is CC1CC(=O)c2cc3cc(C(N)=O)ccc3nc2C1. The summed E-state index contributed by atoms with van der Waals surface area (Å²) in [6.07, 6.45) is 1.39. The normalized spacial score (nSPS) is 18.4. The van der Waals surface area contributed by atoms with Crippen molar-refractivity contribution in [2.45, 2.75) is 19.8 Å². The average Bonchev–Trinajstić information content (AvgIpc) is 2.36. The third-order valence-corrected chi connectivity index (χ3v) is 3.55.